The number of halogens is 1. The molecule has 1 aliphatic rings. The van der Waals surface area contributed by atoms with Gasteiger partial charge in [0.25, 0.3) is 0 Å². The van der Waals surface area contributed by atoms with E-state index in [1.807, 2.05) is 16.9 Å². The first kappa shape index (κ1) is 24.2. The molecule has 1 atom stereocenters. The maximum atomic E-state index is 13.4. The number of fused-ring (bicyclic) bond motifs is 1. The van der Waals surface area contributed by atoms with Gasteiger partial charge in [-0.1, -0.05) is 5.16 Å². The predicted molar refractivity (Wildman–Crippen MR) is 140 cm³/mol. The molecular weight excluding hydrogens is 479 g/mol. The maximum absolute atomic E-state index is 13.4. The van der Waals surface area contributed by atoms with Crippen LogP contribution in [-0.4, -0.2) is 62.1 Å². The molecule has 0 bridgehead atoms. The van der Waals surface area contributed by atoms with Gasteiger partial charge in [-0.05, 0) is 66.4 Å². The third kappa shape index (κ3) is 5.03. The van der Waals surface area contributed by atoms with Crippen molar-refractivity contribution in [3.8, 4) is 5.69 Å². The molecule has 1 fully saturated rings. The standard InChI is InChI=1S/C25H27FN8OS/c1-17-11-23-18(14-29-34(23)21-5-3-19(26)4-6-21)12-22(17)24-16-33(36-25(13-27)30-28-2)9-8-32(24)15-20-7-10-35-31-20/h3-7,10-14,24,27-28H,8-9,15-16H2,1-2H3/b27-13?,30-25+. The van der Waals surface area contributed by atoms with Gasteiger partial charge in [0.1, 0.15) is 17.1 Å². The maximum Gasteiger partial charge on any atom is 0.149 e. The number of aryl methyl sites for hydroxylation is 1. The van der Waals surface area contributed by atoms with Gasteiger partial charge >= 0.3 is 0 Å². The molecule has 2 aromatic carbocycles. The molecular formula is C25H27FN8OS. The largest absolute Gasteiger partial charge is 0.364 e. The number of benzene rings is 2. The van der Waals surface area contributed by atoms with E-state index >= 15 is 0 Å². The number of rotatable bonds is 7. The normalized spacial score (nSPS) is 17.5. The molecule has 2 N–H and O–H groups in total. The zero-order valence-electron chi connectivity index (χ0n) is 20.1. The Morgan fingerprint density at radius 3 is 2.83 bits per heavy atom. The highest BCUT2D eigenvalue weighted by Crippen LogP contribution is 2.34. The minimum absolute atomic E-state index is 0.0862. The summed E-state index contributed by atoms with van der Waals surface area (Å²) in [5.41, 5.74) is 7.79. The highest BCUT2D eigenvalue weighted by molar-refractivity contribution is 8.13. The minimum Gasteiger partial charge on any atom is -0.364 e. The van der Waals surface area contributed by atoms with Crippen LogP contribution >= 0.6 is 11.9 Å². The Labute approximate surface area is 212 Å². The highest BCUT2D eigenvalue weighted by Gasteiger charge is 2.31. The van der Waals surface area contributed by atoms with E-state index in [4.69, 9.17) is 9.93 Å². The van der Waals surface area contributed by atoms with Gasteiger partial charge in [-0.2, -0.15) is 10.2 Å². The topological polar surface area (TPSA) is 98.6 Å². The van der Waals surface area contributed by atoms with Crippen molar-refractivity contribution in [2.45, 2.75) is 19.5 Å². The molecule has 0 saturated carbocycles. The molecule has 5 rings (SSSR count). The van der Waals surface area contributed by atoms with E-state index in [9.17, 15) is 4.39 Å². The van der Waals surface area contributed by atoms with Crippen molar-refractivity contribution in [1.82, 2.24) is 29.6 Å². The predicted octanol–water partition coefficient (Wildman–Crippen LogP) is 4.15. The molecule has 1 saturated heterocycles. The molecule has 1 unspecified atom stereocenters. The molecule has 11 heteroatoms. The van der Waals surface area contributed by atoms with Crippen LogP contribution in [0.1, 0.15) is 22.9 Å². The van der Waals surface area contributed by atoms with E-state index in [2.05, 4.69) is 49.0 Å². The summed E-state index contributed by atoms with van der Waals surface area (Å²) in [7, 11) is 1.73. The lowest BCUT2D eigenvalue weighted by atomic mass is 9.96. The van der Waals surface area contributed by atoms with Crippen LogP contribution in [0.2, 0.25) is 0 Å². The fourth-order valence-electron chi connectivity index (χ4n) is 4.55. The molecule has 3 heterocycles. The van der Waals surface area contributed by atoms with Crippen molar-refractivity contribution in [3.05, 3.63) is 77.6 Å². The summed E-state index contributed by atoms with van der Waals surface area (Å²) in [4.78, 5) is 2.41. The molecule has 0 aliphatic carbocycles. The van der Waals surface area contributed by atoms with E-state index in [0.29, 0.717) is 11.6 Å². The van der Waals surface area contributed by atoms with Crippen LogP contribution in [0.5, 0.6) is 0 Å². The monoisotopic (exact) mass is 506 g/mol. The second-order valence-corrected chi connectivity index (χ2v) is 9.69. The minimum atomic E-state index is -0.272. The first-order chi connectivity index (χ1) is 17.6. The van der Waals surface area contributed by atoms with Crippen molar-refractivity contribution < 1.29 is 8.91 Å². The number of nitrogens with one attached hydrogen (secondary N) is 2. The zero-order valence-corrected chi connectivity index (χ0v) is 20.9. The Balaban J connectivity index is 1.49. The average molecular weight is 507 g/mol. The second kappa shape index (κ2) is 10.6. The average Bonchev–Trinajstić information content (AvgIpc) is 3.54. The van der Waals surface area contributed by atoms with Gasteiger partial charge in [0, 0.05) is 50.7 Å². The quantitative estimate of drug-likeness (QED) is 0.168. The van der Waals surface area contributed by atoms with E-state index in [0.717, 1.165) is 47.5 Å². The van der Waals surface area contributed by atoms with Crippen LogP contribution in [0.4, 0.5) is 4.39 Å². The molecule has 1 aliphatic heterocycles. The first-order valence-corrected chi connectivity index (χ1v) is 12.4. The second-order valence-electron chi connectivity index (χ2n) is 8.57. The zero-order chi connectivity index (χ0) is 25.1. The number of aromatic nitrogens is 3. The van der Waals surface area contributed by atoms with Gasteiger partial charge in [0.05, 0.1) is 29.3 Å². The van der Waals surface area contributed by atoms with E-state index in [-0.39, 0.29) is 11.9 Å². The molecule has 4 aromatic rings. The van der Waals surface area contributed by atoms with Gasteiger partial charge in [-0.3, -0.25) is 4.90 Å². The Bertz CT molecular complexity index is 1370. The third-order valence-electron chi connectivity index (χ3n) is 6.26. The van der Waals surface area contributed by atoms with Crippen molar-refractivity contribution in [3.63, 3.8) is 0 Å². The van der Waals surface area contributed by atoms with Gasteiger partial charge in [-0.25, -0.2) is 13.4 Å². The van der Waals surface area contributed by atoms with Crippen LogP contribution in [0.3, 0.4) is 0 Å². The fraction of sp³-hybridized carbons (Fsp3) is 0.280. The van der Waals surface area contributed by atoms with Crippen molar-refractivity contribution >= 4 is 34.1 Å². The molecule has 186 valence electrons. The van der Waals surface area contributed by atoms with Crippen molar-refractivity contribution in [2.24, 2.45) is 5.10 Å². The number of piperazine rings is 1. The SMILES string of the molecule is CN/N=C(\C=N)SN1CCN(Cc2ccon2)C(c2cc3cnn(-c4ccc(F)cc4)c3cc2C)C1. The summed E-state index contributed by atoms with van der Waals surface area (Å²) in [6, 6.07) is 12.7. The summed E-state index contributed by atoms with van der Waals surface area (Å²) >= 11 is 1.48. The van der Waals surface area contributed by atoms with E-state index in [1.165, 1.54) is 35.9 Å². The van der Waals surface area contributed by atoms with Gasteiger partial charge in [0.2, 0.25) is 0 Å². The molecule has 36 heavy (non-hydrogen) atoms. The fourth-order valence-corrected chi connectivity index (χ4v) is 5.39. The Morgan fingerprint density at radius 1 is 1.28 bits per heavy atom. The number of nitrogens with zero attached hydrogens (tertiary/aromatic N) is 6. The Hall–Kier alpha value is -3.54. The molecule has 0 spiro atoms. The third-order valence-corrected chi connectivity index (χ3v) is 7.25. The lowest BCUT2D eigenvalue weighted by molar-refractivity contribution is 0.113. The van der Waals surface area contributed by atoms with Crippen LogP contribution in [0.15, 0.2) is 64.5 Å². The summed E-state index contributed by atoms with van der Waals surface area (Å²) in [6.45, 7) is 5.18. The Morgan fingerprint density at radius 2 is 2.11 bits per heavy atom. The van der Waals surface area contributed by atoms with Crippen LogP contribution in [0.25, 0.3) is 16.6 Å². The first-order valence-electron chi connectivity index (χ1n) is 11.6. The van der Waals surface area contributed by atoms with Gasteiger partial charge in [-0.15, -0.1) is 0 Å². The summed E-state index contributed by atoms with van der Waals surface area (Å²) < 4.78 is 22.6. The lowest BCUT2D eigenvalue weighted by Crippen LogP contribution is -2.46. The summed E-state index contributed by atoms with van der Waals surface area (Å²) in [6.07, 6.45) is 4.72. The molecule has 0 radical (unpaired) electrons. The van der Waals surface area contributed by atoms with E-state index < -0.39 is 0 Å². The number of hydrogen-bond acceptors (Lipinski definition) is 9. The number of hydrazone groups is 1. The van der Waals surface area contributed by atoms with Gasteiger partial charge in [0.15, 0.2) is 0 Å². The van der Waals surface area contributed by atoms with Crippen LogP contribution < -0.4 is 5.43 Å². The van der Waals surface area contributed by atoms with Crippen molar-refractivity contribution in [1.29, 1.82) is 5.41 Å². The highest BCUT2D eigenvalue weighted by atomic mass is 32.2. The summed E-state index contributed by atoms with van der Waals surface area (Å²) in [5, 5.41) is 22.2. The summed E-state index contributed by atoms with van der Waals surface area (Å²) in [5.74, 6) is -0.272. The number of hydrogen-bond donors (Lipinski definition) is 2. The van der Waals surface area contributed by atoms with E-state index in [1.54, 1.807) is 25.4 Å². The van der Waals surface area contributed by atoms with Crippen molar-refractivity contribution in [2.75, 3.05) is 26.7 Å². The molecule has 9 nitrogen and oxygen atoms in total. The Kier molecular flexibility index (Phi) is 7.12. The lowest BCUT2D eigenvalue weighted by Gasteiger charge is -2.41. The van der Waals surface area contributed by atoms with Crippen LogP contribution in [-0.2, 0) is 6.54 Å². The molecule has 2 aromatic heterocycles. The van der Waals surface area contributed by atoms with Crippen LogP contribution in [0, 0.1) is 18.2 Å². The molecule has 0 amide bonds. The smallest absolute Gasteiger partial charge is 0.149 e. The van der Waals surface area contributed by atoms with Gasteiger partial charge < -0.3 is 15.4 Å².